The fraction of sp³-hybridized carbons (Fsp3) is 0.364. The molecule has 0 amide bonds. The Morgan fingerprint density at radius 3 is 2.85 bits per heavy atom. The van der Waals surface area contributed by atoms with Crippen molar-refractivity contribution in [1.82, 2.24) is 0 Å². The zero-order valence-electron chi connectivity index (χ0n) is 8.04. The summed E-state index contributed by atoms with van der Waals surface area (Å²) >= 11 is 0. The zero-order chi connectivity index (χ0) is 9.68. The van der Waals surface area contributed by atoms with Crippen LogP contribution in [-0.2, 0) is 11.2 Å². The van der Waals surface area contributed by atoms with Crippen LogP contribution in [0.15, 0.2) is 24.3 Å². The summed E-state index contributed by atoms with van der Waals surface area (Å²) in [6.45, 7) is 1.61. The van der Waals surface area contributed by atoms with Crippen molar-refractivity contribution in [1.29, 1.82) is 0 Å². The van der Waals surface area contributed by atoms with E-state index in [1.54, 1.807) is 14.0 Å². The zero-order valence-corrected chi connectivity index (χ0v) is 8.04. The molecule has 0 aliphatic heterocycles. The third kappa shape index (κ3) is 3.28. The molecular formula is C11H14O2. The van der Waals surface area contributed by atoms with E-state index in [2.05, 4.69) is 0 Å². The number of methoxy groups -OCH3 is 1. The second kappa shape index (κ2) is 4.65. The van der Waals surface area contributed by atoms with Crippen LogP contribution in [0.5, 0.6) is 5.75 Å². The van der Waals surface area contributed by atoms with Crippen molar-refractivity contribution in [3.05, 3.63) is 29.8 Å². The van der Waals surface area contributed by atoms with Crippen LogP contribution >= 0.6 is 0 Å². The van der Waals surface area contributed by atoms with Gasteiger partial charge >= 0.3 is 0 Å². The van der Waals surface area contributed by atoms with Crippen LogP contribution in [0, 0.1) is 0 Å². The Morgan fingerprint density at radius 2 is 2.23 bits per heavy atom. The van der Waals surface area contributed by atoms with Gasteiger partial charge < -0.3 is 9.53 Å². The summed E-state index contributed by atoms with van der Waals surface area (Å²) in [5, 5.41) is 0. The predicted molar refractivity (Wildman–Crippen MR) is 52.0 cm³/mol. The van der Waals surface area contributed by atoms with Crippen molar-refractivity contribution in [3.8, 4) is 5.75 Å². The van der Waals surface area contributed by atoms with E-state index < -0.39 is 0 Å². The highest BCUT2D eigenvalue weighted by Crippen LogP contribution is 2.13. The number of ketones is 1. The lowest BCUT2D eigenvalue weighted by atomic mass is 10.1. The average molecular weight is 178 g/mol. The lowest BCUT2D eigenvalue weighted by Gasteiger charge is -2.02. The highest BCUT2D eigenvalue weighted by atomic mass is 16.5. The van der Waals surface area contributed by atoms with Crippen LogP contribution in [0.2, 0.25) is 0 Å². The number of ether oxygens (including phenoxy) is 1. The molecule has 0 aliphatic rings. The third-order valence-corrected chi connectivity index (χ3v) is 1.90. The van der Waals surface area contributed by atoms with Gasteiger partial charge in [-0.25, -0.2) is 0 Å². The van der Waals surface area contributed by atoms with Gasteiger partial charge in [0.15, 0.2) is 0 Å². The van der Waals surface area contributed by atoms with Crippen LogP contribution in [0.4, 0.5) is 0 Å². The molecule has 0 bridgehead atoms. The van der Waals surface area contributed by atoms with Crippen molar-refractivity contribution in [2.75, 3.05) is 7.11 Å². The van der Waals surface area contributed by atoms with Crippen molar-refractivity contribution < 1.29 is 9.53 Å². The second-order valence-corrected chi connectivity index (χ2v) is 3.05. The van der Waals surface area contributed by atoms with E-state index >= 15 is 0 Å². The number of aryl methyl sites for hydroxylation is 1. The fourth-order valence-corrected chi connectivity index (χ4v) is 1.15. The third-order valence-electron chi connectivity index (χ3n) is 1.90. The van der Waals surface area contributed by atoms with Gasteiger partial charge in [0.05, 0.1) is 7.11 Å². The summed E-state index contributed by atoms with van der Waals surface area (Å²) in [7, 11) is 1.64. The van der Waals surface area contributed by atoms with E-state index in [9.17, 15) is 4.79 Å². The number of rotatable bonds is 4. The van der Waals surface area contributed by atoms with Gasteiger partial charge in [-0.3, -0.25) is 0 Å². The monoisotopic (exact) mass is 178 g/mol. The highest BCUT2D eigenvalue weighted by Gasteiger charge is 1.97. The fourth-order valence-electron chi connectivity index (χ4n) is 1.15. The van der Waals surface area contributed by atoms with E-state index in [1.807, 2.05) is 24.3 Å². The largest absolute Gasteiger partial charge is 0.497 e. The van der Waals surface area contributed by atoms with Crippen molar-refractivity contribution in [2.45, 2.75) is 19.8 Å². The summed E-state index contributed by atoms with van der Waals surface area (Å²) in [6, 6.07) is 7.81. The molecule has 0 saturated heterocycles. The molecular weight excluding hydrogens is 164 g/mol. The van der Waals surface area contributed by atoms with Gasteiger partial charge in [0, 0.05) is 6.42 Å². The van der Waals surface area contributed by atoms with E-state index in [1.165, 1.54) is 0 Å². The normalized spacial score (nSPS) is 9.69. The number of benzene rings is 1. The Morgan fingerprint density at radius 1 is 1.46 bits per heavy atom. The lowest BCUT2D eigenvalue weighted by Crippen LogP contribution is -1.94. The lowest BCUT2D eigenvalue weighted by molar-refractivity contribution is -0.116. The highest BCUT2D eigenvalue weighted by molar-refractivity contribution is 5.75. The summed E-state index contributed by atoms with van der Waals surface area (Å²) in [5.74, 6) is 1.07. The molecule has 0 heterocycles. The number of hydrogen-bond donors (Lipinski definition) is 0. The maximum absolute atomic E-state index is 10.7. The van der Waals surface area contributed by atoms with Gasteiger partial charge in [0.1, 0.15) is 11.5 Å². The standard InChI is InChI=1S/C11H14O2/c1-9(12)6-7-10-4-3-5-11(8-10)13-2/h3-5,8H,6-7H2,1-2H3. The smallest absolute Gasteiger partial charge is 0.130 e. The molecule has 0 unspecified atom stereocenters. The molecule has 0 fully saturated rings. The maximum atomic E-state index is 10.7. The van der Waals surface area contributed by atoms with Crippen molar-refractivity contribution in [3.63, 3.8) is 0 Å². The molecule has 1 rings (SSSR count). The van der Waals surface area contributed by atoms with E-state index in [0.717, 1.165) is 17.7 Å². The molecule has 0 aromatic heterocycles. The topological polar surface area (TPSA) is 26.3 Å². The summed E-state index contributed by atoms with van der Waals surface area (Å²) < 4.78 is 5.08. The molecule has 2 heteroatoms. The first-order valence-corrected chi connectivity index (χ1v) is 4.34. The number of carbonyl (C=O) groups is 1. The molecule has 1 aromatic rings. The van der Waals surface area contributed by atoms with Crippen LogP contribution in [0.1, 0.15) is 18.9 Å². The molecule has 0 radical (unpaired) electrons. The SMILES string of the molecule is COc1cccc(CCC(C)=O)c1. The van der Waals surface area contributed by atoms with Gasteiger partial charge in [-0.15, -0.1) is 0 Å². The van der Waals surface area contributed by atoms with Crippen molar-refractivity contribution >= 4 is 5.78 Å². The Balaban J connectivity index is 2.61. The minimum absolute atomic E-state index is 0.225. The molecule has 70 valence electrons. The van der Waals surface area contributed by atoms with E-state index in [0.29, 0.717) is 6.42 Å². The van der Waals surface area contributed by atoms with Crippen LogP contribution in [-0.4, -0.2) is 12.9 Å². The molecule has 0 atom stereocenters. The Hall–Kier alpha value is -1.31. The number of Topliss-reactive ketones (excluding diaryl/α,β-unsaturated/α-hetero) is 1. The quantitative estimate of drug-likeness (QED) is 0.706. The molecule has 2 nitrogen and oxygen atoms in total. The van der Waals surface area contributed by atoms with Crippen LogP contribution < -0.4 is 4.74 Å². The van der Waals surface area contributed by atoms with E-state index in [4.69, 9.17) is 4.74 Å². The Bertz CT molecular complexity index is 292. The average Bonchev–Trinajstić information content (AvgIpc) is 2.15. The molecule has 0 N–H and O–H groups in total. The van der Waals surface area contributed by atoms with E-state index in [-0.39, 0.29) is 5.78 Å². The molecule has 0 saturated carbocycles. The Labute approximate surface area is 78.5 Å². The van der Waals surface area contributed by atoms with Gasteiger partial charge in [0.25, 0.3) is 0 Å². The first-order chi connectivity index (χ1) is 6.22. The van der Waals surface area contributed by atoms with Gasteiger partial charge in [0.2, 0.25) is 0 Å². The Kier molecular flexibility index (Phi) is 3.50. The van der Waals surface area contributed by atoms with Gasteiger partial charge in [-0.2, -0.15) is 0 Å². The summed E-state index contributed by atoms with van der Waals surface area (Å²) in [5.41, 5.74) is 1.15. The molecule has 0 spiro atoms. The first-order valence-electron chi connectivity index (χ1n) is 4.34. The second-order valence-electron chi connectivity index (χ2n) is 3.05. The number of carbonyl (C=O) groups excluding carboxylic acids is 1. The van der Waals surface area contributed by atoms with Crippen LogP contribution in [0.3, 0.4) is 0 Å². The molecule has 1 aromatic carbocycles. The molecule has 13 heavy (non-hydrogen) atoms. The predicted octanol–water partition coefficient (Wildman–Crippen LogP) is 2.22. The molecule has 0 aliphatic carbocycles. The summed E-state index contributed by atoms with van der Waals surface area (Å²) in [6.07, 6.45) is 1.40. The number of hydrogen-bond acceptors (Lipinski definition) is 2. The minimum Gasteiger partial charge on any atom is -0.497 e. The minimum atomic E-state index is 0.225. The van der Waals surface area contributed by atoms with Crippen molar-refractivity contribution in [2.24, 2.45) is 0 Å². The van der Waals surface area contributed by atoms with Gasteiger partial charge in [-0.1, -0.05) is 12.1 Å². The first kappa shape index (κ1) is 9.78. The summed E-state index contributed by atoms with van der Waals surface area (Å²) in [4.78, 5) is 10.7. The van der Waals surface area contributed by atoms with Crippen LogP contribution in [0.25, 0.3) is 0 Å². The maximum Gasteiger partial charge on any atom is 0.130 e. The van der Waals surface area contributed by atoms with Gasteiger partial charge in [-0.05, 0) is 31.0 Å².